The molecule has 0 radical (unpaired) electrons. The molecular formula is C21H17BrCl3F3N2O2. The summed E-state index contributed by atoms with van der Waals surface area (Å²) in [6, 6.07) is 5.89. The number of rotatable bonds is 6. The number of benzene rings is 2. The van der Waals surface area contributed by atoms with Gasteiger partial charge in [0.05, 0.1) is 26.5 Å². The van der Waals surface area contributed by atoms with Crippen LogP contribution in [0.4, 0.5) is 13.2 Å². The molecule has 0 heterocycles. The van der Waals surface area contributed by atoms with E-state index in [4.69, 9.17) is 34.8 Å². The molecular weight excluding hydrogens is 556 g/mol. The number of nitrogens with one attached hydrogen (secondary N) is 2. The molecule has 32 heavy (non-hydrogen) atoms. The monoisotopic (exact) mass is 570 g/mol. The van der Waals surface area contributed by atoms with Gasteiger partial charge in [-0.3, -0.25) is 9.59 Å². The van der Waals surface area contributed by atoms with Crippen molar-refractivity contribution in [2.24, 2.45) is 0 Å². The Morgan fingerprint density at radius 1 is 1.09 bits per heavy atom. The normalized spacial score (nSPS) is 13.7. The maximum atomic E-state index is 13.7. The Balaban J connectivity index is 2.30. The van der Waals surface area contributed by atoms with Gasteiger partial charge in [0.2, 0.25) is 5.91 Å². The van der Waals surface area contributed by atoms with Crippen LogP contribution in [-0.2, 0) is 4.79 Å². The molecule has 0 fully saturated rings. The highest BCUT2D eigenvalue weighted by Crippen LogP contribution is 2.41. The average molecular weight is 573 g/mol. The molecule has 4 nitrogen and oxygen atoms in total. The zero-order valence-corrected chi connectivity index (χ0v) is 20.5. The molecule has 0 saturated heterocycles. The van der Waals surface area contributed by atoms with Crippen LogP contribution >= 0.6 is 50.7 Å². The summed E-state index contributed by atoms with van der Waals surface area (Å²) in [7, 11) is 1.45. The lowest BCUT2D eigenvalue weighted by Crippen LogP contribution is -2.43. The third-order valence-electron chi connectivity index (χ3n) is 4.42. The highest BCUT2D eigenvalue weighted by atomic mass is 79.9. The Morgan fingerprint density at radius 2 is 1.69 bits per heavy atom. The minimum Gasteiger partial charge on any atom is -0.357 e. The summed E-state index contributed by atoms with van der Waals surface area (Å²) in [6.07, 6.45) is -2.37. The van der Waals surface area contributed by atoms with Gasteiger partial charge in [-0.25, -0.2) is 0 Å². The van der Waals surface area contributed by atoms with Crippen molar-refractivity contribution in [3.63, 3.8) is 0 Å². The van der Waals surface area contributed by atoms with E-state index in [-0.39, 0.29) is 32.1 Å². The first kappa shape index (κ1) is 26.5. The largest absolute Gasteiger partial charge is 0.399 e. The van der Waals surface area contributed by atoms with Crippen molar-refractivity contribution in [3.8, 4) is 0 Å². The van der Waals surface area contributed by atoms with Gasteiger partial charge in [0, 0.05) is 11.5 Å². The number of carbonyl (C=O) groups excluding carboxylic acids is 2. The van der Waals surface area contributed by atoms with Gasteiger partial charge < -0.3 is 10.6 Å². The molecule has 0 aliphatic rings. The molecule has 2 atom stereocenters. The molecule has 0 bridgehead atoms. The maximum Gasteiger partial charge on any atom is 0.399 e. The molecule has 2 unspecified atom stereocenters. The maximum absolute atomic E-state index is 13.7. The van der Waals surface area contributed by atoms with Crippen molar-refractivity contribution in [1.82, 2.24) is 10.6 Å². The summed E-state index contributed by atoms with van der Waals surface area (Å²) in [5.41, 5.74) is 0.473. The van der Waals surface area contributed by atoms with Gasteiger partial charge in [0.1, 0.15) is 6.04 Å². The summed E-state index contributed by atoms with van der Waals surface area (Å²) >= 11 is 20.8. The van der Waals surface area contributed by atoms with Crippen LogP contribution in [0.2, 0.25) is 15.1 Å². The van der Waals surface area contributed by atoms with E-state index in [0.717, 1.165) is 18.2 Å². The smallest absolute Gasteiger partial charge is 0.357 e. The molecule has 172 valence electrons. The van der Waals surface area contributed by atoms with E-state index in [2.05, 4.69) is 26.6 Å². The van der Waals surface area contributed by atoms with Gasteiger partial charge in [-0.15, -0.1) is 0 Å². The Hall–Kier alpha value is -1.74. The zero-order chi connectivity index (χ0) is 24.2. The van der Waals surface area contributed by atoms with Crippen molar-refractivity contribution in [1.29, 1.82) is 0 Å². The molecule has 11 heteroatoms. The second kappa shape index (κ2) is 10.9. The Morgan fingerprint density at radius 3 is 2.19 bits per heavy atom. The van der Waals surface area contributed by atoms with E-state index >= 15 is 0 Å². The third-order valence-corrected chi connectivity index (χ3v) is 6.28. The first-order valence-electron chi connectivity index (χ1n) is 9.06. The van der Waals surface area contributed by atoms with Gasteiger partial charge in [0.15, 0.2) is 0 Å². The van der Waals surface area contributed by atoms with E-state index < -0.39 is 24.0 Å². The lowest BCUT2D eigenvalue weighted by atomic mass is 9.97. The molecule has 2 aromatic rings. The predicted octanol–water partition coefficient (Wildman–Crippen LogP) is 6.63. The van der Waals surface area contributed by atoms with Crippen molar-refractivity contribution in [3.05, 3.63) is 72.6 Å². The molecule has 0 aliphatic carbocycles. The van der Waals surface area contributed by atoms with Crippen molar-refractivity contribution in [2.75, 3.05) is 7.05 Å². The zero-order valence-electron chi connectivity index (χ0n) is 16.7. The quantitative estimate of drug-likeness (QED) is 0.382. The van der Waals surface area contributed by atoms with Crippen LogP contribution < -0.4 is 10.6 Å². The highest BCUT2D eigenvalue weighted by Gasteiger charge is 2.39. The Kier molecular flexibility index (Phi) is 9.05. The number of carbonyl (C=O) groups is 2. The highest BCUT2D eigenvalue weighted by molar-refractivity contribution is 9.10. The van der Waals surface area contributed by atoms with Gasteiger partial charge in [-0.1, -0.05) is 53.0 Å². The van der Waals surface area contributed by atoms with Crippen LogP contribution in [-0.4, -0.2) is 31.1 Å². The summed E-state index contributed by atoms with van der Waals surface area (Å²) in [6.45, 7) is 1.52. The fourth-order valence-electron chi connectivity index (χ4n) is 2.75. The van der Waals surface area contributed by atoms with Crippen molar-refractivity contribution < 1.29 is 22.8 Å². The molecule has 2 N–H and O–H groups in total. The number of likely N-dealkylation sites (N-methyl/N-ethyl adjacent to an activating group) is 1. The van der Waals surface area contributed by atoms with E-state index in [0.29, 0.717) is 10.0 Å². The Labute approximate surface area is 206 Å². The molecule has 0 aliphatic heterocycles. The van der Waals surface area contributed by atoms with E-state index in [1.54, 1.807) is 0 Å². The lowest BCUT2D eigenvalue weighted by Gasteiger charge is -2.18. The van der Waals surface area contributed by atoms with Gasteiger partial charge >= 0.3 is 6.18 Å². The summed E-state index contributed by atoms with van der Waals surface area (Å²) in [5, 5.41) is 4.76. The third kappa shape index (κ3) is 6.63. The minimum absolute atomic E-state index is 0.0227. The van der Waals surface area contributed by atoms with Crippen LogP contribution in [0.1, 0.15) is 34.3 Å². The first-order valence-corrected chi connectivity index (χ1v) is 11.0. The van der Waals surface area contributed by atoms with Crippen molar-refractivity contribution in [2.45, 2.75) is 25.1 Å². The minimum atomic E-state index is -4.61. The van der Waals surface area contributed by atoms with Gasteiger partial charge in [-0.2, -0.15) is 13.2 Å². The Bertz CT molecular complexity index is 1040. The number of allylic oxidation sites excluding steroid dienone is 1. The second-order valence-corrected chi connectivity index (χ2v) is 8.77. The first-order chi connectivity index (χ1) is 14.8. The summed E-state index contributed by atoms with van der Waals surface area (Å²) < 4.78 is 41.4. The number of amides is 2. The molecule has 0 saturated carbocycles. The van der Waals surface area contributed by atoms with Crippen molar-refractivity contribution >= 4 is 68.6 Å². The molecule has 2 rings (SSSR count). The number of alkyl halides is 3. The second-order valence-electron chi connectivity index (χ2n) is 6.73. The summed E-state index contributed by atoms with van der Waals surface area (Å²) in [4.78, 5) is 23.9. The van der Waals surface area contributed by atoms with Crippen LogP contribution in [0, 0.1) is 0 Å². The molecule has 2 amide bonds. The molecule has 0 aromatic heterocycles. The van der Waals surface area contributed by atoms with Gasteiger partial charge in [0.25, 0.3) is 5.91 Å². The van der Waals surface area contributed by atoms with Gasteiger partial charge in [-0.05, 0) is 58.2 Å². The van der Waals surface area contributed by atoms with E-state index in [1.807, 2.05) is 0 Å². The van der Waals surface area contributed by atoms with Crippen LogP contribution in [0.5, 0.6) is 0 Å². The fraction of sp³-hybridized carbons (Fsp3) is 0.238. The molecule has 2 aromatic carbocycles. The fourth-order valence-corrected chi connectivity index (χ4v) is 3.94. The van der Waals surface area contributed by atoms with Crippen LogP contribution in [0.25, 0.3) is 6.08 Å². The van der Waals surface area contributed by atoms with E-state index in [9.17, 15) is 22.8 Å². The number of hydrogen-bond donors (Lipinski definition) is 2. The predicted molar refractivity (Wildman–Crippen MR) is 124 cm³/mol. The summed E-state index contributed by atoms with van der Waals surface area (Å²) in [5.74, 6) is -2.86. The van der Waals surface area contributed by atoms with Crippen LogP contribution in [0.15, 0.2) is 40.9 Å². The SMILES string of the molecule is CNC(=O)C(C)NC(=O)c1ccc(/C=C/C(c2cc(Cl)c(Cl)c(Cl)c2)C(F)(F)F)cc1Br. The average Bonchev–Trinajstić information content (AvgIpc) is 2.70. The topological polar surface area (TPSA) is 58.2 Å². The number of hydrogen-bond acceptors (Lipinski definition) is 2. The van der Waals surface area contributed by atoms with Crippen LogP contribution in [0.3, 0.4) is 0 Å². The lowest BCUT2D eigenvalue weighted by molar-refractivity contribution is -0.139. The van der Waals surface area contributed by atoms with E-state index in [1.165, 1.54) is 38.2 Å². The standard InChI is InChI=1S/C21H17BrCl3F3N2O2/c1-10(19(31)29-2)30-20(32)13-5-3-11(7-15(13)22)4-6-14(21(26,27)28)12-8-16(23)18(25)17(24)9-12/h3-10,14H,1-2H3,(H,29,31)(H,30,32)/b6-4+. The number of halogens is 7. The molecule has 0 spiro atoms.